The Kier molecular flexibility index (Phi) is 4.25. The van der Waals surface area contributed by atoms with Crippen molar-refractivity contribution < 1.29 is 0 Å². The lowest BCUT2D eigenvalue weighted by Crippen LogP contribution is -2.32. The van der Waals surface area contributed by atoms with E-state index < -0.39 is 0 Å². The van der Waals surface area contributed by atoms with Crippen LogP contribution < -0.4 is 10.6 Å². The van der Waals surface area contributed by atoms with Gasteiger partial charge in [0.05, 0.1) is 5.69 Å². The minimum Gasteiger partial charge on any atom is -0.338 e. The van der Waals surface area contributed by atoms with Gasteiger partial charge in [0.1, 0.15) is 0 Å². The zero-order chi connectivity index (χ0) is 12.8. The number of tetrazole rings is 1. The summed E-state index contributed by atoms with van der Waals surface area (Å²) in [6.07, 6.45) is 1.03. The summed E-state index contributed by atoms with van der Waals surface area (Å²) in [4.78, 5) is 2.10. The Morgan fingerprint density at radius 2 is 2.00 bits per heavy atom. The number of rotatable bonds is 6. The van der Waals surface area contributed by atoms with Gasteiger partial charge in [-0.15, -0.1) is 0 Å². The monoisotopic (exact) mass is 246 g/mol. The number of hydrogen-bond donors (Lipinski definition) is 1. The smallest absolute Gasteiger partial charge is 0.250 e. The summed E-state index contributed by atoms with van der Waals surface area (Å²) in [6, 6.07) is 9.86. The van der Waals surface area contributed by atoms with Crippen molar-refractivity contribution in [1.29, 1.82) is 0 Å². The summed E-state index contributed by atoms with van der Waals surface area (Å²) in [6.45, 7) is 4.35. The van der Waals surface area contributed by atoms with Crippen LogP contribution in [0.15, 0.2) is 30.3 Å². The molecule has 1 aromatic carbocycles. The number of aromatic nitrogens is 4. The van der Waals surface area contributed by atoms with E-state index in [4.69, 9.17) is 5.73 Å². The molecule has 0 radical (unpaired) electrons. The Hall–Kier alpha value is -1.95. The summed E-state index contributed by atoms with van der Waals surface area (Å²) in [5.74, 6) is 0.744. The van der Waals surface area contributed by atoms with Crippen molar-refractivity contribution in [2.24, 2.45) is 5.73 Å². The number of benzene rings is 1. The van der Waals surface area contributed by atoms with E-state index in [-0.39, 0.29) is 0 Å². The third-order valence-corrected chi connectivity index (χ3v) is 2.63. The Bertz CT molecular complexity index is 460. The van der Waals surface area contributed by atoms with Crippen LogP contribution in [0, 0.1) is 0 Å². The molecule has 0 fully saturated rings. The van der Waals surface area contributed by atoms with Crippen molar-refractivity contribution in [2.45, 2.75) is 13.3 Å². The normalized spacial score (nSPS) is 10.6. The van der Waals surface area contributed by atoms with Crippen LogP contribution in [0.2, 0.25) is 0 Å². The maximum Gasteiger partial charge on any atom is 0.250 e. The molecule has 18 heavy (non-hydrogen) atoms. The average Bonchev–Trinajstić information content (AvgIpc) is 2.88. The van der Waals surface area contributed by atoms with Gasteiger partial charge in [-0.1, -0.05) is 30.2 Å². The summed E-state index contributed by atoms with van der Waals surface area (Å²) in [7, 11) is 0. The molecule has 0 aliphatic rings. The highest BCUT2D eigenvalue weighted by Crippen LogP contribution is 2.14. The van der Waals surface area contributed by atoms with E-state index >= 15 is 0 Å². The second kappa shape index (κ2) is 6.11. The Labute approximate surface area is 106 Å². The molecule has 0 amide bonds. The fraction of sp³-hybridized carbons (Fsp3) is 0.417. The van der Waals surface area contributed by atoms with E-state index in [9.17, 15) is 0 Å². The van der Waals surface area contributed by atoms with Crippen LogP contribution in [0.25, 0.3) is 5.69 Å². The highest BCUT2D eigenvalue weighted by Gasteiger charge is 2.14. The lowest BCUT2D eigenvalue weighted by atomic mass is 10.3. The zero-order valence-corrected chi connectivity index (χ0v) is 10.5. The molecule has 0 bridgehead atoms. The number of nitrogens with two attached hydrogens (primary N) is 1. The van der Waals surface area contributed by atoms with E-state index in [1.807, 2.05) is 30.3 Å². The minimum absolute atomic E-state index is 0.585. The Morgan fingerprint density at radius 3 is 2.67 bits per heavy atom. The standard InChI is InChI=1S/C12H18N6/c1-2-9-17(10-8-13)12-14-15-16-18(12)11-6-4-3-5-7-11/h3-7H,2,8-10,13H2,1H3. The topological polar surface area (TPSA) is 72.9 Å². The van der Waals surface area contributed by atoms with E-state index in [1.54, 1.807) is 4.68 Å². The molecule has 0 aliphatic carbocycles. The number of para-hydroxylation sites is 1. The van der Waals surface area contributed by atoms with Crippen LogP contribution >= 0.6 is 0 Å². The first kappa shape index (κ1) is 12.5. The first-order chi connectivity index (χ1) is 8.86. The van der Waals surface area contributed by atoms with Gasteiger partial charge in [-0.25, -0.2) is 0 Å². The van der Waals surface area contributed by atoms with Crippen molar-refractivity contribution in [3.63, 3.8) is 0 Å². The quantitative estimate of drug-likeness (QED) is 0.817. The zero-order valence-electron chi connectivity index (χ0n) is 10.5. The van der Waals surface area contributed by atoms with E-state index in [2.05, 4.69) is 27.3 Å². The fourth-order valence-electron chi connectivity index (χ4n) is 1.85. The number of nitrogens with zero attached hydrogens (tertiary/aromatic N) is 5. The molecule has 96 valence electrons. The van der Waals surface area contributed by atoms with Gasteiger partial charge in [-0.05, 0) is 29.0 Å². The van der Waals surface area contributed by atoms with Crippen molar-refractivity contribution in [1.82, 2.24) is 20.2 Å². The highest BCUT2D eigenvalue weighted by molar-refractivity contribution is 5.40. The molecule has 0 unspecified atom stereocenters. The van der Waals surface area contributed by atoms with Crippen LogP contribution in [0.3, 0.4) is 0 Å². The van der Waals surface area contributed by atoms with Crippen molar-refractivity contribution in [2.75, 3.05) is 24.5 Å². The molecule has 1 heterocycles. The van der Waals surface area contributed by atoms with Crippen molar-refractivity contribution >= 4 is 5.95 Å². The largest absolute Gasteiger partial charge is 0.338 e. The molecular formula is C12H18N6. The molecule has 2 aromatic rings. The van der Waals surface area contributed by atoms with Gasteiger partial charge in [0.2, 0.25) is 5.95 Å². The molecule has 0 saturated carbocycles. The Morgan fingerprint density at radius 1 is 1.22 bits per heavy atom. The summed E-state index contributed by atoms with van der Waals surface area (Å²) >= 11 is 0. The van der Waals surface area contributed by atoms with Crippen LogP contribution in [0.5, 0.6) is 0 Å². The summed E-state index contributed by atoms with van der Waals surface area (Å²) in [5, 5.41) is 11.9. The number of anilines is 1. The van der Waals surface area contributed by atoms with Crippen LogP contribution in [-0.4, -0.2) is 39.8 Å². The summed E-state index contributed by atoms with van der Waals surface area (Å²) < 4.78 is 1.74. The van der Waals surface area contributed by atoms with Gasteiger partial charge in [0.25, 0.3) is 0 Å². The fourth-order valence-corrected chi connectivity index (χ4v) is 1.85. The highest BCUT2D eigenvalue weighted by atomic mass is 15.6. The van der Waals surface area contributed by atoms with E-state index in [1.165, 1.54) is 0 Å². The summed E-state index contributed by atoms with van der Waals surface area (Å²) in [5.41, 5.74) is 6.59. The Balaban J connectivity index is 2.31. The van der Waals surface area contributed by atoms with Gasteiger partial charge in [0.15, 0.2) is 0 Å². The molecule has 6 nitrogen and oxygen atoms in total. The predicted molar refractivity (Wildman–Crippen MR) is 70.7 cm³/mol. The SMILES string of the molecule is CCCN(CCN)c1nnnn1-c1ccccc1. The van der Waals surface area contributed by atoms with Crippen molar-refractivity contribution in [3.05, 3.63) is 30.3 Å². The first-order valence-corrected chi connectivity index (χ1v) is 6.15. The van der Waals surface area contributed by atoms with E-state index in [0.717, 1.165) is 31.1 Å². The second-order valence-electron chi connectivity index (χ2n) is 4.00. The maximum absolute atomic E-state index is 5.64. The molecular weight excluding hydrogens is 228 g/mol. The van der Waals surface area contributed by atoms with E-state index in [0.29, 0.717) is 6.54 Å². The third-order valence-electron chi connectivity index (χ3n) is 2.63. The molecule has 2 rings (SSSR count). The maximum atomic E-state index is 5.64. The molecule has 2 N–H and O–H groups in total. The van der Waals surface area contributed by atoms with Crippen LogP contribution in [0.4, 0.5) is 5.95 Å². The molecule has 0 spiro atoms. The molecule has 6 heteroatoms. The molecule has 0 atom stereocenters. The molecule has 0 aliphatic heterocycles. The first-order valence-electron chi connectivity index (χ1n) is 6.15. The lowest BCUT2D eigenvalue weighted by Gasteiger charge is -2.21. The second-order valence-corrected chi connectivity index (χ2v) is 4.00. The third kappa shape index (κ3) is 2.65. The minimum atomic E-state index is 0.585. The molecule has 1 aromatic heterocycles. The average molecular weight is 246 g/mol. The molecule has 0 saturated heterocycles. The van der Waals surface area contributed by atoms with Crippen molar-refractivity contribution in [3.8, 4) is 5.69 Å². The van der Waals surface area contributed by atoms with Gasteiger partial charge in [0, 0.05) is 19.6 Å². The number of hydrogen-bond acceptors (Lipinski definition) is 5. The van der Waals surface area contributed by atoms with Gasteiger partial charge in [-0.2, -0.15) is 4.68 Å². The predicted octanol–water partition coefficient (Wildman–Crippen LogP) is 0.837. The van der Waals surface area contributed by atoms with Gasteiger partial charge in [-0.3, -0.25) is 0 Å². The van der Waals surface area contributed by atoms with Crippen LogP contribution in [0.1, 0.15) is 13.3 Å². The van der Waals surface area contributed by atoms with Gasteiger partial charge < -0.3 is 10.6 Å². The van der Waals surface area contributed by atoms with Crippen LogP contribution in [-0.2, 0) is 0 Å². The lowest BCUT2D eigenvalue weighted by molar-refractivity contribution is 0.713. The van der Waals surface area contributed by atoms with Gasteiger partial charge >= 0.3 is 0 Å².